The highest BCUT2D eigenvalue weighted by Crippen LogP contribution is 2.27. The lowest BCUT2D eigenvalue weighted by Crippen LogP contribution is -2.49. The zero-order valence-corrected chi connectivity index (χ0v) is 17.2. The molecule has 1 N–H and O–H groups in total. The minimum Gasteiger partial charge on any atom is -0.213 e. The van der Waals surface area contributed by atoms with Crippen LogP contribution in [0, 0.1) is 6.92 Å². The molecule has 0 saturated carbocycles. The number of nitrogens with one attached hydrogen (secondary N) is 1. The first-order valence-electron chi connectivity index (χ1n) is 8.39. The monoisotopic (exact) mass is 388 g/mol. The van der Waals surface area contributed by atoms with Crippen molar-refractivity contribution in [2.75, 3.05) is 19.3 Å². The van der Waals surface area contributed by atoms with Crippen LogP contribution in [0.15, 0.2) is 23.1 Å². The van der Waals surface area contributed by atoms with Crippen LogP contribution in [0.1, 0.15) is 44.7 Å². The van der Waals surface area contributed by atoms with E-state index in [1.807, 2.05) is 32.9 Å². The lowest BCUT2D eigenvalue weighted by atomic mass is 9.87. The Kier molecular flexibility index (Phi) is 5.68. The third-order valence-electron chi connectivity index (χ3n) is 4.52. The van der Waals surface area contributed by atoms with Gasteiger partial charge in [-0.2, -0.15) is 0 Å². The number of nitrogens with zero attached hydrogens (tertiary/aromatic N) is 1. The molecule has 0 aromatic heterocycles. The third-order valence-corrected chi connectivity index (χ3v) is 7.45. The van der Waals surface area contributed by atoms with E-state index in [0.29, 0.717) is 24.9 Å². The molecule has 0 radical (unpaired) electrons. The average molecular weight is 389 g/mol. The first kappa shape index (κ1) is 20.4. The van der Waals surface area contributed by atoms with Gasteiger partial charge in [0.05, 0.1) is 11.2 Å². The molecule has 8 heteroatoms. The Morgan fingerprint density at radius 1 is 1.16 bits per heavy atom. The number of hydrogen-bond acceptors (Lipinski definition) is 4. The number of sulfonamides is 2. The first-order valence-corrected chi connectivity index (χ1v) is 11.7. The molecule has 0 amide bonds. The fourth-order valence-corrected chi connectivity index (χ4v) is 5.42. The molecule has 0 spiro atoms. The zero-order chi connectivity index (χ0) is 19.0. The minimum atomic E-state index is -3.71. The second-order valence-electron chi connectivity index (χ2n) is 7.81. The van der Waals surface area contributed by atoms with E-state index in [-0.39, 0.29) is 16.9 Å². The van der Waals surface area contributed by atoms with E-state index in [1.54, 1.807) is 13.0 Å². The molecule has 1 fully saturated rings. The maximum Gasteiger partial charge on any atom is 0.241 e. The first-order chi connectivity index (χ1) is 11.3. The van der Waals surface area contributed by atoms with Gasteiger partial charge in [-0.1, -0.05) is 32.9 Å². The number of aryl methyl sites for hydroxylation is 1. The maximum atomic E-state index is 12.9. The summed E-state index contributed by atoms with van der Waals surface area (Å²) in [6.45, 7) is 8.49. The molecule has 142 valence electrons. The molecule has 1 heterocycles. The van der Waals surface area contributed by atoms with E-state index < -0.39 is 26.1 Å². The fraction of sp³-hybridized carbons (Fsp3) is 0.647. The molecule has 0 bridgehead atoms. The van der Waals surface area contributed by atoms with Crippen LogP contribution in [0.3, 0.4) is 0 Å². The summed E-state index contributed by atoms with van der Waals surface area (Å²) in [6.07, 6.45) is 2.42. The molecule has 1 unspecified atom stereocenters. The summed E-state index contributed by atoms with van der Waals surface area (Å²) in [5, 5.41) is 0. The molecular formula is C17H28N2O4S2. The van der Waals surface area contributed by atoms with Crippen molar-refractivity contribution in [2.24, 2.45) is 0 Å². The molecule has 6 nitrogen and oxygen atoms in total. The second-order valence-corrected chi connectivity index (χ2v) is 11.5. The van der Waals surface area contributed by atoms with E-state index in [1.165, 1.54) is 4.31 Å². The van der Waals surface area contributed by atoms with Gasteiger partial charge in [-0.15, -0.1) is 0 Å². The summed E-state index contributed by atoms with van der Waals surface area (Å²) in [7, 11) is -7.03. The number of piperidine rings is 1. The lowest BCUT2D eigenvalue weighted by molar-refractivity contribution is 0.305. The maximum absolute atomic E-state index is 12.9. The van der Waals surface area contributed by atoms with Crippen LogP contribution in [0.4, 0.5) is 0 Å². The molecule has 1 saturated heterocycles. The van der Waals surface area contributed by atoms with E-state index in [9.17, 15) is 16.8 Å². The summed E-state index contributed by atoms with van der Waals surface area (Å²) in [6, 6.07) is 5.07. The highest BCUT2D eigenvalue weighted by molar-refractivity contribution is 7.89. The SMILES string of the molecule is Cc1ccc(C(C)(C)C)cc1S(=O)(=O)NC1CCCN(S(C)(=O)=O)C1. The van der Waals surface area contributed by atoms with Crippen LogP contribution >= 0.6 is 0 Å². The van der Waals surface area contributed by atoms with E-state index in [0.717, 1.165) is 11.8 Å². The average Bonchev–Trinajstić information content (AvgIpc) is 2.45. The number of hydrogen-bond donors (Lipinski definition) is 1. The standard InChI is InChI=1S/C17H28N2O4S2/c1-13-8-9-14(17(2,3)4)11-16(13)25(22,23)18-15-7-6-10-19(12-15)24(5,20)21/h8-9,11,15,18H,6-7,10,12H2,1-5H3. The zero-order valence-electron chi connectivity index (χ0n) is 15.5. The molecule has 1 aliphatic heterocycles. The Bertz CT molecular complexity index is 840. The van der Waals surface area contributed by atoms with Gasteiger partial charge in [0.2, 0.25) is 20.0 Å². The highest BCUT2D eigenvalue weighted by Gasteiger charge is 2.30. The highest BCUT2D eigenvalue weighted by atomic mass is 32.2. The largest absolute Gasteiger partial charge is 0.241 e. The summed E-state index contributed by atoms with van der Waals surface area (Å²) in [4.78, 5) is 0.261. The Hall–Kier alpha value is -0.960. The van der Waals surface area contributed by atoms with Gasteiger partial charge in [-0.3, -0.25) is 0 Å². The summed E-state index contributed by atoms with van der Waals surface area (Å²) < 4.78 is 53.2. The molecule has 1 atom stereocenters. The Morgan fingerprint density at radius 2 is 1.80 bits per heavy atom. The van der Waals surface area contributed by atoms with Crippen molar-refractivity contribution >= 4 is 20.0 Å². The smallest absolute Gasteiger partial charge is 0.213 e. The van der Waals surface area contributed by atoms with Gasteiger partial charge < -0.3 is 0 Å². The van der Waals surface area contributed by atoms with E-state index in [4.69, 9.17) is 0 Å². The summed E-state index contributed by atoms with van der Waals surface area (Å²) >= 11 is 0. The van der Waals surface area contributed by atoms with Gasteiger partial charge in [-0.25, -0.2) is 25.9 Å². The van der Waals surface area contributed by atoms with Gasteiger partial charge in [0, 0.05) is 19.1 Å². The molecule has 1 aromatic carbocycles. The molecular weight excluding hydrogens is 360 g/mol. The van der Waals surface area contributed by atoms with Crippen LogP contribution in [0.2, 0.25) is 0 Å². The number of rotatable bonds is 4. The molecule has 2 rings (SSSR count). The Labute approximate surface area is 151 Å². The van der Waals surface area contributed by atoms with Gasteiger partial charge >= 0.3 is 0 Å². The Balaban J connectivity index is 2.28. The van der Waals surface area contributed by atoms with E-state index in [2.05, 4.69) is 4.72 Å². The van der Waals surface area contributed by atoms with Gasteiger partial charge in [0.25, 0.3) is 0 Å². The summed E-state index contributed by atoms with van der Waals surface area (Å²) in [5.41, 5.74) is 1.46. The predicted molar refractivity (Wildman–Crippen MR) is 99.6 cm³/mol. The van der Waals surface area contributed by atoms with Crippen molar-refractivity contribution in [2.45, 2.75) is 56.9 Å². The van der Waals surface area contributed by atoms with Crippen molar-refractivity contribution in [3.63, 3.8) is 0 Å². The van der Waals surface area contributed by atoms with Gasteiger partial charge in [-0.05, 0) is 42.4 Å². The molecule has 25 heavy (non-hydrogen) atoms. The van der Waals surface area contributed by atoms with Crippen molar-refractivity contribution in [1.29, 1.82) is 0 Å². The summed E-state index contributed by atoms with van der Waals surface area (Å²) in [5.74, 6) is 0. The van der Waals surface area contributed by atoms with Crippen molar-refractivity contribution in [3.8, 4) is 0 Å². The van der Waals surface area contributed by atoms with E-state index >= 15 is 0 Å². The van der Waals surface area contributed by atoms with Gasteiger partial charge in [0.1, 0.15) is 0 Å². The van der Waals surface area contributed by atoms with Crippen LogP contribution < -0.4 is 4.72 Å². The Morgan fingerprint density at radius 3 is 2.36 bits per heavy atom. The van der Waals surface area contributed by atoms with Crippen molar-refractivity contribution in [3.05, 3.63) is 29.3 Å². The van der Waals surface area contributed by atoms with Crippen molar-refractivity contribution < 1.29 is 16.8 Å². The lowest BCUT2D eigenvalue weighted by Gasteiger charge is -2.31. The molecule has 1 aliphatic rings. The van der Waals surface area contributed by atoms with Crippen LogP contribution in [-0.4, -0.2) is 46.5 Å². The minimum absolute atomic E-state index is 0.157. The van der Waals surface area contributed by atoms with Gasteiger partial charge in [0.15, 0.2) is 0 Å². The topological polar surface area (TPSA) is 83.6 Å². The molecule has 1 aromatic rings. The third kappa shape index (κ3) is 5.03. The molecule has 0 aliphatic carbocycles. The fourth-order valence-electron chi connectivity index (χ4n) is 2.98. The van der Waals surface area contributed by atoms with Crippen LogP contribution in [0.5, 0.6) is 0 Å². The predicted octanol–water partition coefficient (Wildman–Crippen LogP) is 1.99. The van der Waals surface area contributed by atoms with Crippen molar-refractivity contribution in [1.82, 2.24) is 9.03 Å². The van der Waals surface area contributed by atoms with Crippen LogP contribution in [-0.2, 0) is 25.5 Å². The number of benzene rings is 1. The quantitative estimate of drug-likeness (QED) is 0.855. The van der Waals surface area contributed by atoms with Crippen LogP contribution in [0.25, 0.3) is 0 Å². The second kappa shape index (κ2) is 6.98. The normalized spacial score (nSPS) is 20.6.